The third-order valence-electron chi connectivity index (χ3n) is 4.33. The van der Waals surface area contributed by atoms with E-state index in [2.05, 4.69) is 15.2 Å². The molecule has 0 amide bonds. The van der Waals surface area contributed by atoms with Crippen molar-refractivity contribution in [2.45, 2.75) is 12.5 Å². The summed E-state index contributed by atoms with van der Waals surface area (Å²) in [6.07, 6.45) is 2.32. The molecule has 1 aliphatic rings. The van der Waals surface area contributed by atoms with Crippen LogP contribution in [0.25, 0.3) is 0 Å². The lowest BCUT2D eigenvalue weighted by Crippen LogP contribution is -2.34. The lowest BCUT2D eigenvalue weighted by Gasteiger charge is -2.20. The molecule has 0 unspecified atom stereocenters. The van der Waals surface area contributed by atoms with E-state index < -0.39 is 6.10 Å². The molecule has 5 nitrogen and oxygen atoms in total. The Hall–Kier alpha value is -2.18. The Bertz CT molecular complexity index is 639. The van der Waals surface area contributed by atoms with Crippen molar-refractivity contribution in [3.05, 3.63) is 54.5 Å². The molecule has 2 atom stereocenters. The summed E-state index contributed by atoms with van der Waals surface area (Å²) in [5.74, 6) is 1.72. The number of nitrogens with one attached hydrogen (secondary N) is 1. The second-order valence-corrected chi connectivity index (χ2v) is 6.43. The smallest absolute Gasteiger partial charge is 0.125 e. The van der Waals surface area contributed by atoms with Gasteiger partial charge in [0.15, 0.2) is 0 Å². The minimum atomic E-state index is -0.562. The molecule has 0 saturated carbocycles. The first kappa shape index (κ1) is 17.6. The van der Waals surface area contributed by atoms with Gasteiger partial charge in [-0.25, -0.2) is 9.37 Å². The van der Waals surface area contributed by atoms with Gasteiger partial charge in [-0.05, 0) is 55.3 Å². The van der Waals surface area contributed by atoms with Crippen molar-refractivity contribution in [3.8, 4) is 5.75 Å². The van der Waals surface area contributed by atoms with Gasteiger partial charge in [0.1, 0.15) is 30.1 Å². The van der Waals surface area contributed by atoms with Gasteiger partial charge in [-0.15, -0.1) is 0 Å². The summed E-state index contributed by atoms with van der Waals surface area (Å²) in [5, 5.41) is 13.5. The third-order valence-corrected chi connectivity index (χ3v) is 4.33. The number of β-amino-alcohol motifs (C(OH)–C–C–N with tert-alkyl or cyclic N) is 1. The number of hydrogen-bond donors (Lipinski definition) is 2. The average Bonchev–Trinajstić information content (AvgIpc) is 3.08. The number of likely N-dealkylation sites (tertiary alicyclic amines) is 1. The number of anilines is 1. The SMILES string of the molecule is O[C@@H](COc1ccc(F)cc1)CN1CC[C@@H](CNc2ccccn2)C1. The van der Waals surface area contributed by atoms with Crippen LogP contribution in [0.1, 0.15) is 6.42 Å². The highest BCUT2D eigenvalue weighted by Gasteiger charge is 2.24. The highest BCUT2D eigenvalue weighted by Crippen LogP contribution is 2.17. The predicted molar refractivity (Wildman–Crippen MR) is 95.2 cm³/mol. The van der Waals surface area contributed by atoms with E-state index in [1.807, 2.05) is 18.2 Å². The monoisotopic (exact) mass is 345 g/mol. The van der Waals surface area contributed by atoms with Crippen molar-refractivity contribution in [1.29, 1.82) is 0 Å². The molecule has 25 heavy (non-hydrogen) atoms. The summed E-state index contributed by atoms with van der Waals surface area (Å²) < 4.78 is 18.3. The van der Waals surface area contributed by atoms with Gasteiger partial charge < -0.3 is 20.1 Å². The Balaban J connectivity index is 1.35. The van der Waals surface area contributed by atoms with Crippen LogP contribution >= 0.6 is 0 Å². The molecule has 134 valence electrons. The van der Waals surface area contributed by atoms with Gasteiger partial charge in [0, 0.05) is 25.8 Å². The van der Waals surface area contributed by atoms with Crippen LogP contribution in [0.5, 0.6) is 5.75 Å². The molecule has 1 fully saturated rings. The number of aromatic nitrogens is 1. The molecule has 0 spiro atoms. The van der Waals surface area contributed by atoms with Crippen molar-refractivity contribution < 1.29 is 14.2 Å². The normalized spacial score (nSPS) is 18.9. The maximum Gasteiger partial charge on any atom is 0.125 e. The molecule has 2 heterocycles. The number of benzene rings is 1. The zero-order chi connectivity index (χ0) is 17.5. The Kier molecular flexibility index (Phi) is 6.19. The van der Waals surface area contributed by atoms with Crippen LogP contribution in [-0.2, 0) is 0 Å². The van der Waals surface area contributed by atoms with E-state index in [1.54, 1.807) is 18.3 Å². The number of nitrogens with zero attached hydrogens (tertiary/aromatic N) is 2. The number of rotatable bonds is 8. The minimum Gasteiger partial charge on any atom is -0.491 e. The molecule has 0 bridgehead atoms. The molecule has 1 aromatic heterocycles. The number of pyridine rings is 1. The largest absolute Gasteiger partial charge is 0.491 e. The number of hydrogen-bond acceptors (Lipinski definition) is 5. The second-order valence-electron chi connectivity index (χ2n) is 6.43. The number of halogens is 1. The van der Waals surface area contributed by atoms with Gasteiger partial charge in [-0.2, -0.15) is 0 Å². The van der Waals surface area contributed by atoms with E-state index in [4.69, 9.17) is 4.74 Å². The molecule has 0 aliphatic carbocycles. The van der Waals surface area contributed by atoms with E-state index in [1.165, 1.54) is 12.1 Å². The van der Waals surface area contributed by atoms with Crippen molar-refractivity contribution >= 4 is 5.82 Å². The first-order valence-electron chi connectivity index (χ1n) is 8.63. The topological polar surface area (TPSA) is 57.6 Å². The van der Waals surface area contributed by atoms with Crippen LogP contribution in [0.3, 0.4) is 0 Å². The maximum atomic E-state index is 12.8. The molecule has 2 aromatic rings. The van der Waals surface area contributed by atoms with Crippen molar-refractivity contribution in [2.75, 3.05) is 38.1 Å². The first-order valence-corrected chi connectivity index (χ1v) is 8.63. The average molecular weight is 345 g/mol. The fraction of sp³-hybridized carbons (Fsp3) is 0.421. The quantitative estimate of drug-likeness (QED) is 0.769. The lowest BCUT2D eigenvalue weighted by atomic mass is 10.1. The molecule has 0 radical (unpaired) electrons. The lowest BCUT2D eigenvalue weighted by molar-refractivity contribution is 0.0748. The molecule has 1 aliphatic heterocycles. The van der Waals surface area contributed by atoms with Crippen LogP contribution < -0.4 is 10.1 Å². The molecule has 1 aromatic carbocycles. The van der Waals surface area contributed by atoms with E-state index in [-0.39, 0.29) is 12.4 Å². The number of ether oxygens (including phenoxy) is 1. The third kappa shape index (κ3) is 5.69. The van der Waals surface area contributed by atoms with Crippen LogP contribution in [0.15, 0.2) is 48.7 Å². The summed E-state index contributed by atoms with van der Waals surface area (Å²) in [6.45, 7) is 3.60. The van der Waals surface area contributed by atoms with Crippen molar-refractivity contribution in [2.24, 2.45) is 5.92 Å². The van der Waals surface area contributed by atoms with Gasteiger partial charge in [0.25, 0.3) is 0 Å². The molecular formula is C19H24FN3O2. The van der Waals surface area contributed by atoms with E-state index in [0.717, 1.165) is 31.9 Å². The fourth-order valence-electron chi connectivity index (χ4n) is 3.04. The predicted octanol–water partition coefficient (Wildman–Crippen LogP) is 2.39. The van der Waals surface area contributed by atoms with Gasteiger partial charge >= 0.3 is 0 Å². The Labute approximate surface area is 147 Å². The van der Waals surface area contributed by atoms with Crippen LogP contribution in [-0.4, -0.2) is 53.9 Å². The van der Waals surface area contributed by atoms with E-state index >= 15 is 0 Å². The summed E-state index contributed by atoms with van der Waals surface area (Å²) in [7, 11) is 0. The second kappa shape index (κ2) is 8.78. The highest BCUT2D eigenvalue weighted by molar-refractivity contribution is 5.33. The minimum absolute atomic E-state index is 0.207. The molecule has 3 rings (SSSR count). The Morgan fingerprint density at radius 1 is 1.28 bits per heavy atom. The molecular weight excluding hydrogens is 321 g/mol. The summed E-state index contributed by atoms with van der Waals surface area (Å²) in [6, 6.07) is 11.7. The Morgan fingerprint density at radius 3 is 2.88 bits per heavy atom. The zero-order valence-corrected chi connectivity index (χ0v) is 14.1. The first-order chi connectivity index (χ1) is 12.2. The van der Waals surface area contributed by atoms with Gasteiger partial charge in [0.2, 0.25) is 0 Å². The van der Waals surface area contributed by atoms with E-state index in [0.29, 0.717) is 18.2 Å². The number of aliphatic hydroxyl groups excluding tert-OH is 1. The Morgan fingerprint density at radius 2 is 2.12 bits per heavy atom. The zero-order valence-electron chi connectivity index (χ0n) is 14.1. The fourth-order valence-corrected chi connectivity index (χ4v) is 3.04. The molecule has 1 saturated heterocycles. The summed E-state index contributed by atoms with van der Waals surface area (Å²) in [5.41, 5.74) is 0. The highest BCUT2D eigenvalue weighted by atomic mass is 19.1. The standard InChI is InChI=1S/C19H24FN3O2/c20-16-4-6-18(7-5-16)25-14-17(24)13-23-10-8-15(12-23)11-22-19-3-1-2-9-21-19/h1-7,9,15,17,24H,8,10-14H2,(H,21,22)/t15-,17+/m0/s1. The number of aliphatic hydroxyl groups is 1. The van der Waals surface area contributed by atoms with Gasteiger partial charge in [-0.1, -0.05) is 6.07 Å². The van der Waals surface area contributed by atoms with Crippen molar-refractivity contribution in [3.63, 3.8) is 0 Å². The van der Waals surface area contributed by atoms with Crippen LogP contribution in [0.2, 0.25) is 0 Å². The molecule has 2 N–H and O–H groups in total. The van der Waals surface area contributed by atoms with Gasteiger partial charge in [-0.3, -0.25) is 0 Å². The summed E-state index contributed by atoms with van der Waals surface area (Å²) >= 11 is 0. The van der Waals surface area contributed by atoms with E-state index in [9.17, 15) is 9.50 Å². The van der Waals surface area contributed by atoms with Crippen molar-refractivity contribution in [1.82, 2.24) is 9.88 Å². The van der Waals surface area contributed by atoms with Crippen LogP contribution in [0, 0.1) is 11.7 Å². The van der Waals surface area contributed by atoms with Gasteiger partial charge in [0.05, 0.1) is 0 Å². The van der Waals surface area contributed by atoms with Crippen LogP contribution in [0.4, 0.5) is 10.2 Å². The molecule has 6 heteroatoms. The summed E-state index contributed by atoms with van der Waals surface area (Å²) in [4.78, 5) is 6.51. The maximum absolute atomic E-state index is 12.8.